The molecule has 1 amide bonds. The molecule has 112 valence electrons. The van der Waals surface area contributed by atoms with Crippen LogP contribution in [-0.4, -0.2) is 51.3 Å². The number of ether oxygens (including phenoxy) is 2. The van der Waals surface area contributed by atoms with Crippen LogP contribution in [0.1, 0.15) is 6.92 Å². The number of nitrogens with two attached hydrogens (primary N) is 1. The zero-order chi connectivity index (χ0) is 15.0. The predicted molar refractivity (Wildman–Crippen MR) is 80.0 cm³/mol. The van der Waals surface area contributed by atoms with Crippen molar-refractivity contribution in [2.24, 2.45) is 0 Å². The second-order valence-electron chi connectivity index (χ2n) is 4.44. The number of anilines is 2. The van der Waals surface area contributed by atoms with E-state index in [9.17, 15) is 4.79 Å². The van der Waals surface area contributed by atoms with Crippen LogP contribution >= 0.6 is 0 Å². The monoisotopic (exact) mass is 281 g/mol. The Labute approximate surface area is 119 Å². The molecule has 0 aliphatic rings. The number of benzene rings is 1. The van der Waals surface area contributed by atoms with Gasteiger partial charge in [-0.15, -0.1) is 0 Å². The molecule has 0 saturated carbocycles. The molecule has 1 aromatic carbocycles. The van der Waals surface area contributed by atoms with Crippen molar-refractivity contribution < 1.29 is 14.3 Å². The number of nitrogen functional groups attached to an aromatic ring is 1. The van der Waals surface area contributed by atoms with Gasteiger partial charge in [0.15, 0.2) is 0 Å². The fourth-order valence-corrected chi connectivity index (χ4v) is 1.69. The SMILES string of the molecule is CCOCCN(C)CC(=O)Nc1ccc(N)cc1OC. The lowest BCUT2D eigenvalue weighted by atomic mass is 10.2. The molecule has 1 aromatic rings. The van der Waals surface area contributed by atoms with Crippen molar-refractivity contribution in [1.82, 2.24) is 4.90 Å². The van der Waals surface area contributed by atoms with Gasteiger partial charge in [0.05, 0.1) is 25.9 Å². The van der Waals surface area contributed by atoms with Crippen LogP contribution in [0.25, 0.3) is 0 Å². The number of methoxy groups -OCH3 is 1. The van der Waals surface area contributed by atoms with Crippen LogP contribution in [0.4, 0.5) is 11.4 Å². The molecule has 0 radical (unpaired) electrons. The van der Waals surface area contributed by atoms with Gasteiger partial charge in [-0.3, -0.25) is 9.69 Å². The Morgan fingerprint density at radius 3 is 2.85 bits per heavy atom. The molecule has 6 heteroatoms. The topological polar surface area (TPSA) is 76.8 Å². The lowest BCUT2D eigenvalue weighted by Gasteiger charge is -2.17. The first kappa shape index (κ1) is 16.3. The van der Waals surface area contributed by atoms with Gasteiger partial charge in [0, 0.05) is 24.9 Å². The first-order valence-electron chi connectivity index (χ1n) is 6.56. The Balaban J connectivity index is 2.49. The maximum absolute atomic E-state index is 11.9. The summed E-state index contributed by atoms with van der Waals surface area (Å²) < 4.78 is 10.4. The molecule has 0 fully saturated rings. The van der Waals surface area contributed by atoms with Gasteiger partial charge in [0.25, 0.3) is 0 Å². The second kappa shape index (κ2) is 8.39. The molecule has 0 bridgehead atoms. The average Bonchev–Trinajstić information content (AvgIpc) is 2.41. The summed E-state index contributed by atoms with van der Waals surface area (Å²) in [5, 5.41) is 2.81. The smallest absolute Gasteiger partial charge is 0.238 e. The Morgan fingerprint density at radius 1 is 1.45 bits per heavy atom. The number of hydrogen-bond donors (Lipinski definition) is 2. The zero-order valence-electron chi connectivity index (χ0n) is 12.3. The summed E-state index contributed by atoms with van der Waals surface area (Å²) in [6, 6.07) is 5.12. The molecule has 0 atom stereocenters. The molecule has 3 N–H and O–H groups in total. The molecule has 1 rings (SSSR count). The molecule has 6 nitrogen and oxygen atoms in total. The van der Waals surface area contributed by atoms with Crippen molar-refractivity contribution >= 4 is 17.3 Å². The Hall–Kier alpha value is -1.79. The highest BCUT2D eigenvalue weighted by atomic mass is 16.5. The van der Waals surface area contributed by atoms with Gasteiger partial charge in [-0.2, -0.15) is 0 Å². The predicted octanol–water partition coefficient (Wildman–Crippen LogP) is 1.18. The minimum Gasteiger partial charge on any atom is -0.494 e. The maximum Gasteiger partial charge on any atom is 0.238 e. The van der Waals surface area contributed by atoms with Crippen molar-refractivity contribution in [3.05, 3.63) is 18.2 Å². The fourth-order valence-electron chi connectivity index (χ4n) is 1.69. The minimum atomic E-state index is -0.105. The number of nitrogens with one attached hydrogen (secondary N) is 1. The first-order chi connectivity index (χ1) is 9.56. The second-order valence-corrected chi connectivity index (χ2v) is 4.44. The molecule has 0 aliphatic heterocycles. The van der Waals surface area contributed by atoms with Crippen LogP contribution < -0.4 is 15.8 Å². The van der Waals surface area contributed by atoms with Crippen LogP contribution in [0, 0.1) is 0 Å². The average molecular weight is 281 g/mol. The van der Waals surface area contributed by atoms with E-state index < -0.39 is 0 Å². The largest absolute Gasteiger partial charge is 0.494 e. The third-order valence-electron chi connectivity index (χ3n) is 2.73. The molecule has 0 unspecified atom stereocenters. The van der Waals surface area contributed by atoms with E-state index in [1.165, 1.54) is 0 Å². The summed E-state index contributed by atoms with van der Waals surface area (Å²) in [6.45, 7) is 4.25. The number of rotatable bonds is 8. The highest BCUT2D eigenvalue weighted by Crippen LogP contribution is 2.26. The van der Waals surface area contributed by atoms with E-state index in [2.05, 4.69) is 5.32 Å². The number of carbonyl (C=O) groups is 1. The van der Waals surface area contributed by atoms with Gasteiger partial charge >= 0.3 is 0 Å². The van der Waals surface area contributed by atoms with Gasteiger partial charge in [0.2, 0.25) is 5.91 Å². The molecule has 20 heavy (non-hydrogen) atoms. The van der Waals surface area contributed by atoms with E-state index in [0.717, 1.165) is 0 Å². The summed E-state index contributed by atoms with van der Waals surface area (Å²) in [5.74, 6) is 0.447. The molecule has 0 spiro atoms. The van der Waals surface area contributed by atoms with Gasteiger partial charge in [-0.05, 0) is 26.1 Å². The molecule has 0 aromatic heterocycles. The molecular weight excluding hydrogens is 258 g/mol. The first-order valence-corrected chi connectivity index (χ1v) is 6.56. The maximum atomic E-state index is 11.9. The summed E-state index contributed by atoms with van der Waals surface area (Å²) in [6.07, 6.45) is 0. The van der Waals surface area contributed by atoms with Gasteiger partial charge < -0.3 is 20.5 Å². The van der Waals surface area contributed by atoms with Crippen molar-refractivity contribution in [1.29, 1.82) is 0 Å². The van der Waals surface area contributed by atoms with Crippen LogP contribution in [0.2, 0.25) is 0 Å². The normalized spacial score (nSPS) is 10.6. The Bertz CT molecular complexity index is 438. The quantitative estimate of drug-likeness (QED) is 0.553. The number of amides is 1. The zero-order valence-corrected chi connectivity index (χ0v) is 12.3. The lowest BCUT2D eigenvalue weighted by molar-refractivity contribution is -0.117. The van der Waals surface area contributed by atoms with Crippen LogP contribution in [-0.2, 0) is 9.53 Å². The number of carbonyl (C=O) groups excluding carboxylic acids is 1. The Kier molecular flexibility index (Phi) is 6.83. The van der Waals surface area contributed by atoms with Crippen LogP contribution in [0.3, 0.4) is 0 Å². The van der Waals surface area contributed by atoms with E-state index in [1.54, 1.807) is 25.3 Å². The highest BCUT2D eigenvalue weighted by molar-refractivity contribution is 5.94. The van der Waals surface area contributed by atoms with E-state index in [4.69, 9.17) is 15.2 Å². The van der Waals surface area contributed by atoms with E-state index in [0.29, 0.717) is 43.4 Å². The van der Waals surface area contributed by atoms with Crippen LogP contribution in [0.15, 0.2) is 18.2 Å². The summed E-state index contributed by atoms with van der Waals surface area (Å²) in [7, 11) is 3.41. The van der Waals surface area contributed by atoms with Crippen molar-refractivity contribution in [2.45, 2.75) is 6.92 Å². The number of hydrogen-bond acceptors (Lipinski definition) is 5. The highest BCUT2D eigenvalue weighted by Gasteiger charge is 2.10. The van der Waals surface area contributed by atoms with Crippen molar-refractivity contribution in [3.8, 4) is 5.75 Å². The standard InChI is InChI=1S/C14H23N3O3/c1-4-20-8-7-17(2)10-14(18)16-12-6-5-11(15)9-13(12)19-3/h5-6,9H,4,7-8,10,15H2,1-3H3,(H,16,18). The number of likely N-dealkylation sites (N-methyl/N-ethyl adjacent to an activating group) is 1. The number of nitrogens with zero attached hydrogens (tertiary/aromatic N) is 1. The molecule has 0 aliphatic carbocycles. The van der Waals surface area contributed by atoms with Gasteiger partial charge in [0.1, 0.15) is 5.75 Å². The van der Waals surface area contributed by atoms with E-state index in [1.807, 2.05) is 18.9 Å². The van der Waals surface area contributed by atoms with Crippen molar-refractivity contribution in [3.63, 3.8) is 0 Å². The summed E-state index contributed by atoms with van der Waals surface area (Å²) in [4.78, 5) is 13.8. The van der Waals surface area contributed by atoms with Gasteiger partial charge in [-0.25, -0.2) is 0 Å². The molecule has 0 saturated heterocycles. The van der Waals surface area contributed by atoms with E-state index >= 15 is 0 Å². The Morgan fingerprint density at radius 2 is 2.20 bits per heavy atom. The van der Waals surface area contributed by atoms with Crippen molar-refractivity contribution in [2.75, 3.05) is 51.5 Å². The third kappa shape index (κ3) is 5.46. The lowest BCUT2D eigenvalue weighted by Crippen LogP contribution is -2.32. The van der Waals surface area contributed by atoms with Gasteiger partial charge in [-0.1, -0.05) is 0 Å². The molecular formula is C14H23N3O3. The fraction of sp³-hybridized carbons (Fsp3) is 0.500. The van der Waals surface area contributed by atoms with Crippen LogP contribution in [0.5, 0.6) is 5.75 Å². The summed E-state index contributed by atoms with van der Waals surface area (Å²) in [5.41, 5.74) is 6.87. The third-order valence-corrected chi connectivity index (χ3v) is 2.73. The minimum absolute atomic E-state index is 0.105. The summed E-state index contributed by atoms with van der Waals surface area (Å²) >= 11 is 0. The van der Waals surface area contributed by atoms with E-state index in [-0.39, 0.29) is 5.91 Å². The molecule has 0 heterocycles.